The first kappa shape index (κ1) is 19.3. The van der Waals surface area contributed by atoms with E-state index < -0.39 is 0 Å². The molecule has 2 aromatic rings. The lowest BCUT2D eigenvalue weighted by Crippen LogP contribution is -2.48. The average molecular weight is 394 g/mol. The predicted octanol–water partition coefficient (Wildman–Crippen LogP) is 0.713. The van der Waals surface area contributed by atoms with E-state index in [1.54, 1.807) is 22.2 Å². The van der Waals surface area contributed by atoms with Gasteiger partial charge in [-0.05, 0) is 5.56 Å². The molecule has 8 nitrogen and oxygen atoms in total. The fourth-order valence-electron chi connectivity index (χ4n) is 3.76. The Hall–Kier alpha value is -3.00. The van der Waals surface area contributed by atoms with Gasteiger partial charge in [-0.2, -0.15) is 0 Å². The first-order valence-electron chi connectivity index (χ1n) is 10.0. The molecular weight excluding hydrogens is 368 g/mol. The average Bonchev–Trinajstić information content (AvgIpc) is 2.80. The number of carbonyl (C=O) groups is 2. The smallest absolute Gasteiger partial charge is 0.274 e. The Bertz CT molecular complexity index is 813. The summed E-state index contributed by atoms with van der Waals surface area (Å²) >= 11 is 0. The maximum Gasteiger partial charge on any atom is 0.274 e. The molecule has 152 valence electrons. The van der Waals surface area contributed by atoms with Gasteiger partial charge in [0.2, 0.25) is 6.41 Å². The third-order valence-electron chi connectivity index (χ3n) is 5.55. The fourth-order valence-corrected chi connectivity index (χ4v) is 3.76. The number of hydrogen-bond donors (Lipinski definition) is 0. The number of rotatable bonds is 5. The van der Waals surface area contributed by atoms with Gasteiger partial charge >= 0.3 is 0 Å². The molecule has 0 spiro atoms. The van der Waals surface area contributed by atoms with E-state index in [1.165, 1.54) is 5.56 Å². The largest absolute Gasteiger partial charge is 0.353 e. The summed E-state index contributed by atoms with van der Waals surface area (Å²) in [6.45, 7) is 6.88. The lowest BCUT2D eigenvalue weighted by Gasteiger charge is -2.35. The van der Waals surface area contributed by atoms with Gasteiger partial charge in [-0.3, -0.25) is 14.5 Å². The van der Waals surface area contributed by atoms with Crippen LogP contribution in [0, 0.1) is 0 Å². The molecule has 0 saturated carbocycles. The van der Waals surface area contributed by atoms with Crippen LogP contribution in [-0.2, 0) is 11.3 Å². The van der Waals surface area contributed by atoms with Gasteiger partial charge in [-0.25, -0.2) is 9.97 Å². The highest BCUT2D eigenvalue weighted by molar-refractivity contribution is 5.92. The molecular formula is C21H26N6O2. The predicted molar refractivity (Wildman–Crippen MR) is 110 cm³/mol. The molecule has 2 fully saturated rings. The number of amides is 2. The first-order valence-corrected chi connectivity index (χ1v) is 10.0. The molecule has 2 aliphatic rings. The molecule has 0 unspecified atom stereocenters. The van der Waals surface area contributed by atoms with Crippen molar-refractivity contribution in [3.8, 4) is 0 Å². The molecule has 2 amide bonds. The minimum absolute atomic E-state index is 0.123. The lowest BCUT2D eigenvalue weighted by atomic mass is 10.2. The molecule has 2 saturated heterocycles. The van der Waals surface area contributed by atoms with Crippen LogP contribution in [0.4, 0.5) is 5.82 Å². The molecule has 0 atom stereocenters. The second kappa shape index (κ2) is 9.00. The van der Waals surface area contributed by atoms with Crippen LogP contribution in [0.15, 0.2) is 42.7 Å². The van der Waals surface area contributed by atoms with Crippen molar-refractivity contribution in [1.29, 1.82) is 0 Å². The van der Waals surface area contributed by atoms with Crippen molar-refractivity contribution >= 4 is 18.1 Å². The monoisotopic (exact) mass is 394 g/mol. The number of aromatic nitrogens is 2. The van der Waals surface area contributed by atoms with Crippen molar-refractivity contribution in [2.75, 3.05) is 57.3 Å². The summed E-state index contributed by atoms with van der Waals surface area (Å²) in [7, 11) is 0. The van der Waals surface area contributed by atoms with E-state index in [9.17, 15) is 9.59 Å². The zero-order valence-electron chi connectivity index (χ0n) is 16.5. The van der Waals surface area contributed by atoms with Crippen molar-refractivity contribution < 1.29 is 9.59 Å². The maximum absolute atomic E-state index is 12.6. The van der Waals surface area contributed by atoms with Crippen LogP contribution in [-0.4, -0.2) is 89.3 Å². The third kappa shape index (κ3) is 4.71. The third-order valence-corrected chi connectivity index (χ3v) is 5.55. The van der Waals surface area contributed by atoms with Crippen LogP contribution in [0.1, 0.15) is 16.1 Å². The Morgan fingerprint density at radius 3 is 2.24 bits per heavy atom. The topological polar surface area (TPSA) is 72.9 Å². The highest BCUT2D eigenvalue weighted by Crippen LogP contribution is 2.15. The Kier molecular flexibility index (Phi) is 6.00. The second-order valence-corrected chi connectivity index (χ2v) is 7.44. The van der Waals surface area contributed by atoms with E-state index in [-0.39, 0.29) is 5.91 Å². The van der Waals surface area contributed by atoms with Crippen LogP contribution in [0.25, 0.3) is 0 Å². The van der Waals surface area contributed by atoms with Gasteiger partial charge in [0.05, 0.1) is 12.4 Å². The summed E-state index contributed by atoms with van der Waals surface area (Å²) in [6, 6.07) is 10.5. The number of benzene rings is 1. The first-order chi connectivity index (χ1) is 14.2. The minimum atomic E-state index is -0.123. The molecule has 3 heterocycles. The quantitative estimate of drug-likeness (QED) is 0.696. The molecule has 0 aliphatic carbocycles. The summed E-state index contributed by atoms with van der Waals surface area (Å²) in [5.74, 6) is 0.689. The molecule has 1 aromatic carbocycles. The Morgan fingerprint density at radius 2 is 1.62 bits per heavy atom. The van der Waals surface area contributed by atoms with Gasteiger partial charge in [0.15, 0.2) is 0 Å². The van der Waals surface area contributed by atoms with E-state index in [4.69, 9.17) is 0 Å². The normalized spacial score (nSPS) is 18.0. The van der Waals surface area contributed by atoms with Gasteiger partial charge in [0, 0.05) is 58.9 Å². The zero-order chi connectivity index (χ0) is 20.1. The molecule has 8 heteroatoms. The van der Waals surface area contributed by atoms with E-state index >= 15 is 0 Å². The number of nitrogens with zero attached hydrogens (tertiary/aromatic N) is 6. The van der Waals surface area contributed by atoms with Gasteiger partial charge in [0.25, 0.3) is 5.91 Å². The highest BCUT2D eigenvalue weighted by Gasteiger charge is 2.23. The summed E-state index contributed by atoms with van der Waals surface area (Å²) in [5, 5.41) is 0. The SMILES string of the molecule is O=CN1CCN(C(=O)c2cnc(N3CCN(Cc4ccccc4)CC3)cn2)CC1. The van der Waals surface area contributed by atoms with Crippen LogP contribution in [0.2, 0.25) is 0 Å². The van der Waals surface area contributed by atoms with E-state index in [2.05, 4.69) is 44.0 Å². The second-order valence-electron chi connectivity index (χ2n) is 7.44. The van der Waals surface area contributed by atoms with Crippen LogP contribution >= 0.6 is 0 Å². The van der Waals surface area contributed by atoms with Crippen LogP contribution in [0.5, 0.6) is 0 Å². The van der Waals surface area contributed by atoms with E-state index in [1.807, 2.05) is 6.07 Å². The van der Waals surface area contributed by atoms with E-state index in [0.29, 0.717) is 31.9 Å². The summed E-state index contributed by atoms with van der Waals surface area (Å²) in [6.07, 6.45) is 4.10. The Labute approximate surface area is 170 Å². The zero-order valence-corrected chi connectivity index (χ0v) is 16.5. The van der Waals surface area contributed by atoms with Gasteiger partial charge in [-0.1, -0.05) is 30.3 Å². The van der Waals surface area contributed by atoms with Crippen molar-refractivity contribution in [1.82, 2.24) is 24.7 Å². The van der Waals surface area contributed by atoms with Crippen molar-refractivity contribution in [3.05, 3.63) is 54.0 Å². The summed E-state index contributed by atoms with van der Waals surface area (Å²) in [4.78, 5) is 40.3. The molecule has 4 rings (SSSR count). The standard InChI is InChI=1S/C21H26N6O2/c28-17-25-8-12-27(13-9-25)21(29)19-14-23-20(15-22-19)26-10-6-24(7-11-26)16-18-4-2-1-3-5-18/h1-5,14-15,17H,6-13,16H2. The Balaban J connectivity index is 1.29. The number of carbonyl (C=O) groups excluding carboxylic acids is 2. The van der Waals surface area contributed by atoms with Crippen LogP contribution in [0.3, 0.4) is 0 Å². The van der Waals surface area contributed by atoms with Crippen molar-refractivity contribution in [2.45, 2.75) is 6.54 Å². The molecule has 0 radical (unpaired) electrons. The minimum Gasteiger partial charge on any atom is -0.353 e. The van der Waals surface area contributed by atoms with Crippen molar-refractivity contribution in [2.24, 2.45) is 0 Å². The molecule has 0 N–H and O–H groups in total. The van der Waals surface area contributed by atoms with Gasteiger partial charge in [-0.15, -0.1) is 0 Å². The van der Waals surface area contributed by atoms with Crippen molar-refractivity contribution in [3.63, 3.8) is 0 Å². The fraction of sp³-hybridized carbons (Fsp3) is 0.429. The lowest BCUT2D eigenvalue weighted by molar-refractivity contribution is -0.119. The molecule has 1 aromatic heterocycles. The number of hydrogen-bond acceptors (Lipinski definition) is 6. The summed E-state index contributed by atoms with van der Waals surface area (Å²) < 4.78 is 0. The Morgan fingerprint density at radius 1 is 0.897 bits per heavy atom. The van der Waals surface area contributed by atoms with E-state index in [0.717, 1.165) is 45.0 Å². The maximum atomic E-state index is 12.6. The number of piperazine rings is 2. The van der Waals surface area contributed by atoms with Gasteiger partial charge in [0.1, 0.15) is 11.5 Å². The summed E-state index contributed by atoms with van der Waals surface area (Å²) in [5.41, 5.74) is 1.69. The van der Waals surface area contributed by atoms with Crippen LogP contribution < -0.4 is 4.90 Å². The molecule has 29 heavy (non-hydrogen) atoms. The molecule has 2 aliphatic heterocycles. The van der Waals surface area contributed by atoms with Gasteiger partial charge < -0.3 is 14.7 Å². The number of anilines is 1. The molecule has 0 bridgehead atoms. The highest BCUT2D eigenvalue weighted by atomic mass is 16.2.